The van der Waals surface area contributed by atoms with Crippen LogP contribution < -0.4 is 4.90 Å². The molecule has 3 saturated heterocycles. The fourth-order valence-corrected chi connectivity index (χ4v) is 5.42. The number of carbonyl (C=O) groups excluding carboxylic acids is 2. The van der Waals surface area contributed by atoms with Crippen LogP contribution in [0.1, 0.15) is 69.7 Å². The molecule has 7 nitrogen and oxygen atoms in total. The first kappa shape index (κ1) is 25.8. The summed E-state index contributed by atoms with van der Waals surface area (Å²) in [5.74, 6) is 0.870. The molecule has 0 N–H and O–H groups in total. The molecule has 1 aromatic carbocycles. The average Bonchev–Trinajstić information content (AvgIpc) is 2.87. The number of rotatable bonds is 5. The summed E-state index contributed by atoms with van der Waals surface area (Å²) in [4.78, 5) is 33.9. The van der Waals surface area contributed by atoms with Crippen LogP contribution >= 0.6 is 0 Å². The molecule has 0 radical (unpaired) electrons. The van der Waals surface area contributed by atoms with Crippen LogP contribution in [-0.2, 0) is 4.74 Å². The third-order valence-corrected chi connectivity index (χ3v) is 7.61. The summed E-state index contributed by atoms with van der Waals surface area (Å²) in [5.41, 5.74) is 1.60. The lowest BCUT2D eigenvalue weighted by Gasteiger charge is -2.38. The SMILES string of the molecule is CC(C)(C)OC(=O)N1CCC(CCN2CCN(c3ccc(C(=O)N4CCCCC4)cc3)CC2)CC1. The first-order valence-corrected chi connectivity index (χ1v) is 13.6. The molecule has 0 aliphatic carbocycles. The Labute approximate surface area is 211 Å². The Hall–Kier alpha value is -2.28. The zero-order valence-corrected chi connectivity index (χ0v) is 22.0. The van der Waals surface area contributed by atoms with Crippen LogP contribution in [0.2, 0.25) is 0 Å². The second kappa shape index (κ2) is 11.6. The molecule has 0 saturated carbocycles. The standard InChI is InChI=1S/C28H44N4O3/c1-28(2,3)35-27(34)32-17-12-23(13-18-32)11-16-29-19-21-30(22-20-29)25-9-7-24(8-10-25)26(33)31-14-5-4-6-15-31/h7-10,23H,4-6,11-22H2,1-3H3. The summed E-state index contributed by atoms with van der Waals surface area (Å²) in [6, 6.07) is 8.24. The second-order valence-corrected chi connectivity index (χ2v) is 11.4. The zero-order chi connectivity index (χ0) is 24.8. The van der Waals surface area contributed by atoms with Gasteiger partial charge in [0.2, 0.25) is 0 Å². The minimum atomic E-state index is -0.428. The van der Waals surface area contributed by atoms with Crippen LogP contribution in [0.4, 0.5) is 10.5 Å². The fourth-order valence-electron chi connectivity index (χ4n) is 5.42. The molecule has 2 amide bonds. The molecule has 3 aliphatic rings. The molecule has 3 fully saturated rings. The van der Waals surface area contributed by atoms with E-state index in [1.54, 1.807) is 0 Å². The number of piperazine rings is 1. The third-order valence-electron chi connectivity index (χ3n) is 7.61. The van der Waals surface area contributed by atoms with Crippen molar-refractivity contribution in [1.82, 2.24) is 14.7 Å². The number of ether oxygens (including phenoxy) is 1. The van der Waals surface area contributed by atoms with Gasteiger partial charge in [0.1, 0.15) is 5.60 Å². The van der Waals surface area contributed by atoms with E-state index in [9.17, 15) is 9.59 Å². The molecule has 0 bridgehead atoms. The van der Waals surface area contributed by atoms with Crippen molar-refractivity contribution in [2.45, 2.75) is 64.9 Å². The van der Waals surface area contributed by atoms with Crippen molar-refractivity contribution in [2.24, 2.45) is 5.92 Å². The van der Waals surface area contributed by atoms with Gasteiger partial charge in [0.25, 0.3) is 5.91 Å². The van der Waals surface area contributed by atoms with E-state index < -0.39 is 5.60 Å². The normalized spacial score (nSPS) is 20.7. The van der Waals surface area contributed by atoms with Crippen LogP contribution in [0.3, 0.4) is 0 Å². The lowest BCUT2D eigenvalue weighted by atomic mass is 9.93. The summed E-state index contributed by atoms with van der Waals surface area (Å²) in [5, 5.41) is 0. The molecule has 0 spiro atoms. The van der Waals surface area contributed by atoms with E-state index in [4.69, 9.17) is 4.74 Å². The van der Waals surface area contributed by atoms with Gasteiger partial charge < -0.3 is 19.4 Å². The maximum atomic E-state index is 12.7. The largest absolute Gasteiger partial charge is 0.444 e. The number of likely N-dealkylation sites (tertiary alicyclic amines) is 2. The Bertz CT molecular complexity index is 829. The lowest BCUT2D eigenvalue weighted by Crippen LogP contribution is -2.47. The molecule has 0 atom stereocenters. The highest BCUT2D eigenvalue weighted by atomic mass is 16.6. The van der Waals surface area contributed by atoms with Crippen molar-refractivity contribution in [3.05, 3.63) is 29.8 Å². The molecular weight excluding hydrogens is 440 g/mol. The topological polar surface area (TPSA) is 56.3 Å². The predicted octanol–water partition coefficient (Wildman–Crippen LogP) is 4.47. The number of hydrogen-bond donors (Lipinski definition) is 0. The van der Waals surface area contributed by atoms with Crippen LogP contribution in [0.15, 0.2) is 24.3 Å². The van der Waals surface area contributed by atoms with E-state index in [0.717, 1.165) is 90.1 Å². The Kier molecular flexibility index (Phi) is 8.58. The summed E-state index contributed by atoms with van der Waals surface area (Å²) in [6.45, 7) is 14.5. The minimum Gasteiger partial charge on any atom is -0.444 e. The number of hydrogen-bond acceptors (Lipinski definition) is 5. The highest BCUT2D eigenvalue weighted by molar-refractivity contribution is 5.94. The number of carbonyl (C=O) groups is 2. The smallest absolute Gasteiger partial charge is 0.410 e. The molecular formula is C28H44N4O3. The van der Waals surface area contributed by atoms with Gasteiger partial charge in [0.05, 0.1) is 0 Å². The second-order valence-electron chi connectivity index (χ2n) is 11.4. The molecule has 0 unspecified atom stereocenters. The van der Waals surface area contributed by atoms with E-state index in [2.05, 4.69) is 21.9 Å². The van der Waals surface area contributed by atoms with Crippen LogP contribution in [0, 0.1) is 5.92 Å². The lowest BCUT2D eigenvalue weighted by molar-refractivity contribution is 0.0177. The monoisotopic (exact) mass is 484 g/mol. The Morgan fingerprint density at radius 3 is 2.06 bits per heavy atom. The maximum absolute atomic E-state index is 12.7. The summed E-state index contributed by atoms with van der Waals surface area (Å²) >= 11 is 0. The molecule has 1 aromatic rings. The van der Waals surface area contributed by atoms with E-state index in [-0.39, 0.29) is 12.0 Å². The molecule has 0 aromatic heterocycles. The highest BCUT2D eigenvalue weighted by Crippen LogP contribution is 2.24. The fraction of sp³-hybridized carbons (Fsp3) is 0.714. The minimum absolute atomic E-state index is 0.170. The Balaban J connectivity index is 1.15. The Morgan fingerprint density at radius 2 is 1.46 bits per heavy atom. The molecule has 194 valence electrons. The molecule has 35 heavy (non-hydrogen) atoms. The van der Waals surface area contributed by atoms with Crippen LogP contribution in [-0.4, -0.2) is 91.2 Å². The van der Waals surface area contributed by atoms with Crippen molar-refractivity contribution in [3.63, 3.8) is 0 Å². The summed E-state index contributed by atoms with van der Waals surface area (Å²) in [7, 11) is 0. The first-order valence-electron chi connectivity index (χ1n) is 13.6. The van der Waals surface area contributed by atoms with Gasteiger partial charge >= 0.3 is 6.09 Å². The van der Waals surface area contributed by atoms with Crippen molar-refractivity contribution in [3.8, 4) is 0 Å². The third kappa shape index (κ3) is 7.35. The van der Waals surface area contributed by atoms with Crippen molar-refractivity contribution >= 4 is 17.7 Å². The van der Waals surface area contributed by atoms with E-state index in [1.807, 2.05) is 42.7 Å². The molecule has 3 heterocycles. The average molecular weight is 485 g/mol. The van der Waals surface area contributed by atoms with Gasteiger partial charge in [-0.25, -0.2) is 4.79 Å². The maximum Gasteiger partial charge on any atom is 0.410 e. The van der Waals surface area contributed by atoms with Gasteiger partial charge in [-0.3, -0.25) is 9.69 Å². The van der Waals surface area contributed by atoms with Crippen LogP contribution in [0.5, 0.6) is 0 Å². The zero-order valence-electron chi connectivity index (χ0n) is 22.0. The summed E-state index contributed by atoms with van der Waals surface area (Å²) in [6.07, 6.45) is 6.66. The van der Waals surface area contributed by atoms with Crippen molar-refractivity contribution in [2.75, 3.05) is 63.8 Å². The van der Waals surface area contributed by atoms with Gasteiger partial charge in [0, 0.05) is 63.6 Å². The number of nitrogens with zero attached hydrogens (tertiary/aromatic N) is 4. The van der Waals surface area contributed by atoms with Gasteiger partial charge in [-0.05, 0) is 96.0 Å². The van der Waals surface area contributed by atoms with Crippen LogP contribution in [0.25, 0.3) is 0 Å². The van der Waals surface area contributed by atoms with Gasteiger partial charge in [-0.1, -0.05) is 0 Å². The molecule has 3 aliphatic heterocycles. The van der Waals surface area contributed by atoms with E-state index >= 15 is 0 Å². The van der Waals surface area contributed by atoms with Gasteiger partial charge in [-0.2, -0.15) is 0 Å². The van der Waals surface area contributed by atoms with Gasteiger partial charge in [-0.15, -0.1) is 0 Å². The van der Waals surface area contributed by atoms with Crippen molar-refractivity contribution < 1.29 is 14.3 Å². The van der Waals surface area contributed by atoms with E-state index in [0.29, 0.717) is 5.92 Å². The Morgan fingerprint density at radius 1 is 0.829 bits per heavy atom. The first-order chi connectivity index (χ1) is 16.8. The number of anilines is 1. The van der Waals surface area contributed by atoms with Crippen molar-refractivity contribution in [1.29, 1.82) is 0 Å². The predicted molar refractivity (Wildman–Crippen MR) is 140 cm³/mol. The molecule has 4 rings (SSSR count). The number of benzene rings is 1. The highest BCUT2D eigenvalue weighted by Gasteiger charge is 2.27. The number of piperidine rings is 2. The summed E-state index contributed by atoms with van der Waals surface area (Å²) < 4.78 is 5.52. The number of amides is 2. The van der Waals surface area contributed by atoms with E-state index in [1.165, 1.54) is 18.5 Å². The molecule has 7 heteroatoms. The quantitative estimate of drug-likeness (QED) is 0.617. The van der Waals surface area contributed by atoms with Gasteiger partial charge in [0.15, 0.2) is 0 Å².